The molecule has 0 bridgehead atoms. The smallest absolute Gasteiger partial charge is 0.352 e. The van der Waals surface area contributed by atoms with E-state index < -0.39 is 5.97 Å². The zero-order valence-corrected chi connectivity index (χ0v) is 22.4. The predicted molar refractivity (Wildman–Crippen MR) is 160 cm³/mol. The fraction of sp³-hybridized carbons (Fsp3) is 0.206. The number of benzene rings is 4. The molecule has 0 aliphatic heterocycles. The molecule has 6 rings (SSSR count). The van der Waals surface area contributed by atoms with Gasteiger partial charge >= 0.3 is 5.97 Å². The number of carbonyl (C=O) groups is 1. The molecule has 0 spiro atoms. The first kappa shape index (κ1) is 25.3. The van der Waals surface area contributed by atoms with Crippen molar-refractivity contribution in [3.8, 4) is 5.75 Å². The number of carboxylic acid groups (broad SMARTS) is 1. The van der Waals surface area contributed by atoms with Gasteiger partial charge in [0.2, 0.25) is 0 Å². The molecule has 1 heterocycles. The summed E-state index contributed by atoms with van der Waals surface area (Å²) in [5, 5.41) is 14.0. The van der Waals surface area contributed by atoms with Crippen molar-refractivity contribution in [2.24, 2.45) is 0 Å². The van der Waals surface area contributed by atoms with E-state index in [1.54, 1.807) is 0 Å². The van der Waals surface area contributed by atoms with Crippen LogP contribution in [0.3, 0.4) is 0 Å². The van der Waals surface area contributed by atoms with Gasteiger partial charge in [-0.2, -0.15) is 0 Å². The number of aromatic nitrogens is 1. The Bertz CT molecular complexity index is 1710. The van der Waals surface area contributed by atoms with Gasteiger partial charge < -0.3 is 14.8 Å². The first-order valence-corrected chi connectivity index (χ1v) is 13.9. The minimum Gasteiger partial charge on any atom is -0.493 e. The van der Waals surface area contributed by atoms with Crippen LogP contribution in [-0.4, -0.2) is 22.7 Å². The van der Waals surface area contributed by atoms with Gasteiger partial charge in [0.05, 0.1) is 12.1 Å². The van der Waals surface area contributed by atoms with E-state index in [1.807, 2.05) is 54.6 Å². The van der Waals surface area contributed by atoms with Crippen molar-refractivity contribution in [1.82, 2.24) is 4.98 Å². The summed E-state index contributed by atoms with van der Waals surface area (Å²) < 4.78 is 6.15. The molecule has 0 unspecified atom stereocenters. The van der Waals surface area contributed by atoms with Gasteiger partial charge in [0, 0.05) is 21.4 Å². The lowest BCUT2D eigenvalue weighted by atomic mass is 9.83. The van der Waals surface area contributed by atoms with Crippen molar-refractivity contribution < 1.29 is 14.6 Å². The molecule has 196 valence electrons. The van der Waals surface area contributed by atoms with Gasteiger partial charge in [-0.15, -0.1) is 0 Å². The third kappa shape index (κ3) is 4.93. The molecule has 0 fully saturated rings. The van der Waals surface area contributed by atoms with Crippen molar-refractivity contribution in [2.45, 2.75) is 38.5 Å². The third-order valence-corrected chi connectivity index (χ3v) is 8.06. The van der Waals surface area contributed by atoms with Crippen molar-refractivity contribution in [3.63, 3.8) is 0 Å². The summed E-state index contributed by atoms with van der Waals surface area (Å²) in [5.74, 6) is -0.0878. The van der Waals surface area contributed by atoms with E-state index in [4.69, 9.17) is 16.3 Å². The predicted octanol–water partition coefficient (Wildman–Crippen LogP) is 9.17. The van der Waals surface area contributed by atoms with Crippen LogP contribution in [0, 0.1) is 0 Å². The Balaban J connectivity index is 1.32. The van der Waals surface area contributed by atoms with Gasteiger partial charge in [0.1, 0.15) is 11.4 Å². The molecule has 0 atom stereocenters. The lowest BCUT2D eigenvalue weighted by Gasteiger charge is -2.22. The molecule has 0 saturated carbocycles. The molecule has 5 aromatic rings. The average molecular weight is 536 g/mol. The largest absolute Gasteiger partial charge is 0.493 e. The fourth-order valence-corrected chi connectivity index (χ4v) is 6.18. The zero-order valence-electron chi connectivity index (χ0n) is 21.7. The molecule has 1 aliphatic carbocycles. The van der Waals surface area contributed by atoms with E-state index in [9.17, 15) is 9.90 Å². The molecule has 1 aliphatic rings. The maximum atomic E-state index is 12.3. The summed E-state index contributed by atoms with van der Waals surface area (Å²) in [5.41, 5.74) is 6.64. The van der Waals surface area contributed by atoms with Gasteiger partial charge in [0.25, 0.3) is 0 Å². The van der Waals surface area contributed by atoms with Crippen LogP contribution in [0.15, 0.2) is 84.9 Å². The van der Waals surface area contributed by atoms with Crippen LogP contribution in [0.25, 0.3) is 32.8 Å². The minimum atomic E-state index is -0.939. The average Bonchev–Trinajstić information content (AvgIpc) is 3.35. The molecule has 2 N–H and O–H groups in total. The van der Waals surface area contributed by atoms with E-state index >= 15 is 0 Å². The second kappa shape index (κ2) is 11.0. The summed E-state index contributed by atoms with van der Waals surface area (Å²) in [6, 6.07) is 28.4. The summed E-state index contributed by atoms with van der Waals surface area (Å²) in [6.07, 6.45) is 5.42. The standard InChI is InChI=1S/C34H30ClNO3/c35-30-19-6-5-15-26(30)24-13-3-4-14-25(24)27-16-8-17-28-29(33(34(37)38)36-32(27)28)18-9-21-39-31-20-7-11-22-10-1-2-12-23(22)31/h1-2,5-8,10-12,15-17,19-20,36H,3-4,9,13-14,18,21H2,(H,37,38). The van der Waals surface area contributed by atoms with E-state index in [0.29, 0.717) is 19.4 Å². The molecule has 0 amide bonds. The highest BCUT2D eigenvalue weighted by Gasteiger charge is 2.23. The Kier molecular flexibility index (Phi) is 7.12. The third-order valence-electron chi connectivity index (χ3n) is 7.73. The Morgan fingerprint density at radius 1 is 0.821 bits per heavy atom. The molecular formula is C34H30ClNO3. The number of rotatable bonds is 8. The number of aromatic amines is 1. The number of hydrogen-bond acceptors (Lipinski definition) is 2. The number of nitrogens with one attached hydrogen (secondary N) is 1. The van der Waals surface area contributed by atoms with Gasteiger partial charge in [0.15, 0.2) is 0 Å². The number of hydrogen-bond donors (Lipinski definition) is 2. The molecule has 4 nitrogen and oxygen atoms in total. The molecular weight excluding hydrogens is 506 g/mol. The minimum absolute atomic E-state index is 0.262. The van der Waals surface area contributed by atoms with Crippen LogP contribution in [0.2, 0.25) is 5.02 Å². The van der Waals surface area contributed by atoms with Gasteiger partial charge in [-0.3, -0.25) is 0 Å². The highest BCUT2D eigenvalue weighted by atomic mass is 35.5. The van der Waals surface area contributed by atoms with Crippen LogP contribution >= 0.6 is 11.6 Å². The van der Waals surface area contributed by atoms with E-state index in [1.165, 1.54) is 11.1 Å². The number of halogens is 1. The molecule has 4 aromatic carbocycles. The fourth-order valence-electron chi connectivity index (χ4n) is 5.93. The molecule has 0 saturated heterocycles. The van der Waals surface area contributed by atoms with Crippen LogP contribution < -0.4 is 4.74 Å². The molecule has 0 radical (unpaired) electrons. The second-order valence-electron chi connectivity index (χ2n) is 10.1. The van der Waals surface area contributed by atoms with Crippen LogP contribution in [0.5, 0.6) is 5.75 Å². The Hall–Kier alpha value is -4.02. The summed E-state index contributed by atoms with van der Waals surface area (Å²) in [7, 11) is 0. The maximum absolute atomic E-state index is 12.3. The monoisotopic (exact) mass is 535 g/mol. The zero-order chi connectivity index (χ0) is 26.8. The second-order valence-corrected chi connectivity index (χ2v) is 10.5. The Morgan fingerprint density at radius 3 is 2.31 bits per heavy atom. The number of aryl methyl sites for hydroxylation is 1. The number of carboxylic acids is 1. The van der Waals surface area contributed by atoms with Crippen LogP contribution in [-0.2, 0) is 6.42 Å². The number of ether oxygens (including phenoxy) is 1. The van der Waals surface area contributed by atoms with Gasteiger partial charge in [-0.1, -0.05) is 84.4 Å². The topological polar surface area (TPSA) is 62.3 Å². The SMILES string of the molecule is O=C(O)c1[nH]c2c(C3=C(c4ccccc4Cl)CCCC3)cccc2c1CCCOc1cccc2ccccc12. The molecule has 5 heteroatoms. The molecule has 39 heavy (non-hydrogen) atoms. The number of aromatic carboxylic acids is 1. The van der Waals surface area contributed by atoms with E-state index in [-0.39, 0.29) is 5.69 Å². The lowest BCUT2D eigenvalue weighted by Crippen LogP contribution is -2.04. The highest BCUT2D eigenvalue weighted by Crippen LogP contribution is 2.42. The van der Waals surface area contributed by atoms with E-state index in [0.717, 1.165) is 74.8 Å². The summed E-state index contributed by atoms with van der Waals surface area (Å²) >= 11 is 6.62. The van der Waals surface area contributed by atoms with Crippen molar-refractivity contribution >= 4 is 50.4 Å². The first-order chi connectivity index (χ1) is 19.1. The summed E-state index contributed by atoms with van der Waals surface area (Å²) in [4.78, 5) is 15.6. The van der Waals surface area contributed by atoms with Crippen molar-refractivity contribution in [1.29, 1.82) is 0 Å². The highest BCUT2D eigenvalue weighted by molar-refractivity contribution is 6.32. The number of allylic oxidation sites excluding steroid dienone is 2. The number of fused-ring (bicyclic) bond motifs is 2. The maximum Gasteiger partial charge on any atom is 0.352 e. The Labute approximate surface area is 232 Å². The lowest BCUT2D eigenvalue weighted by molar-refractivity contribution is 0.0690. The van der Waals surface area contributed by atoms with Gasteiger partial charge in [-0.05, 0) is 78.3 Å². The number of H-pyrrole nitrogens is 1. The van der Waals surface area contributed by atoms with Crippen LogP contribution in [0.1, 0.15) is 59.3 Å². The van der Waals surface area contributed by atoms with Gasteiger partial charge in [-0.25, -0.2) is 4.79 Å². The normalized spacial score (nSPS) is 13.8. The quantitative estimate of drug-likeness (QED) is 0.195. The van der Waals surface area contributed by atoms with Crippen molar-refractivity contribution in [2.75, 3.05) is 6.61 Å². The summed E-state index contributed by atoms with van der Waals surface area (Å²) in [6.45, 7) is 0.501. The Morgan fingerprint density at radius 2 is 1.49 bits per heavy atom. The first-order valence-electron chi connectivity index (χ1n) is 13.6. The van der Waals surface area contributed by atoms with E-state index in [2.05, 4.69) is 35.3 Å². The van der Waals surface area contributed by atoms with Crippen molar-refractivity contribution in [3.05, 3.63) is 112 Å². The number of para-hydroxylation sites is 1. The van der Waals surface area contributed by atoms with Crippen LogP contribution in [0.4, 0.5) is 0 Å². The molecule has 1 aromatic heterocycles.